The van der Waals surface area contributed by atoms with Gasteiger partial charge in [0, 0.05) is 51.5 Å². The number of morpholine rings is 1. The van der Waals surface area contributed by atoms with Crippen LogP contribution >= 0.6 is 0 Å². The predicted octanol–water partition coefficient (Wildman–Crippen LogP) is 1.34. The second-order valence-corrected chi connectivity index (χ2v) is 9.02. The molecule has 0 radical (unpaired) electrons. The highest BCUT2D eigenvalue weighted by molar-refractivity contribution is 7.89. The Morgan fingerprint density at radius 2 is 1.67 bits per heavy atom. The van der Waals surface area contributed by atoms with Crippen LogP contribution < -0.4 is 9.80 Å². The highest BCUT2D eigenvalue weighted by Crippen LogP contribution is 2.33. The van der Waals surface area contributed by atoms with Crippen molar-refractivity contribution in [3.05, 3.63) is 52.7 Å². The minimum Gasteiger partial charge on any atom is -0.379 e. The van der Waals surface area contributed by atoms with E-state index < -0.39 is 14.9 Å². The van der Waals surface area contributed by atoms with Crippen LogP contribution in [0.1, 0.15) is 0 Å². The lowest BCUT2D eigenvalue weighted by Crippen LogP contribution is -2.47. The number of ether oxygens (including phenoxy) is 1. The topological polar surface area (TPSA) is 109 Å². The van der Waals surface area contributed by atoms with Gasteiger partial charge in [0.15, 0.2) is 0 Å². The molecule has 0 N–H and O–H groups in total. The zero-order valence-corrected chi connectivity index (χ0v) is 17.2. The van der Waals surface area contributed by atoms with E-state index in [0.717, 1.165) is 5.82 Å². The molecule has 1 aromatic heterocycles. The average Bonchev–Trinajstić information content (AvgIpc) is 2.80. The van der Waals surface area contributed by atoms with Gasteiger partial charge in [0.2, 0.25) is 10.0 Å². The molecule has 10 nitrogen and oxygen atoms in total. The van der Waals surface area contributed by atoms with E-state index in [1.165, 1.54) is 16.4 Å². The largest absolute Gasteiger partial charge is 0.379 e. The van der Waals surface area contributed by atoms with E-state index in [2.05, 4.69) is 9.88 Å². The Morgan fingerprint density at radius 3 is 2.30 bits per heavy atom. The number of aromatic nitrogens is 1. The van der Waals surface area contributed by atoms with E-state index in [1.54, 1.807) is 12.3 Å². The third kappa shape index (κ3) is 4.09. The Bertz CT molecular complexity index is 1000. The maximum absolute atomic E-state index is 12.9. The normalized spacial score (nSPS) is 18.4. The van der Waals surface area contributed by atoms with E-state index in [-0.39, 0.29) is 23.7 Å². The number of nitro groups is 1. The summed E-state index contributed by atoms with van der Waals surface area (Å²) in [5.74, 6) is 0.874. The number of piperazine rings is 1. The second kappa shape index (κ2) is 8.54. The van der Waals surface area contributed by atoms with Crippen LogP contribution in [0.2, 0.25) is 0 Å². The number of nitrogens with zero attached hydrogens (tertiary/aromatic N) is 5. The first-order chi connectivity index (χ1) is 14.5. The van der Waals surface area contributed by atoms with Gasteiger partial charge in [-0.2, -0.15) is 4.31 Å². The zero-order chi connectivity index (χ0) is 21.1. The lowest BCUT2D eigenvalue weighted by Gasteiger charge is -2.36. The predicted molar refractivity (Wildman–Crippen MR) is 111 cm³/mol. The van der Waals surface area contributed by atoms with Crippen LogP contribution in [0, 0.1) is 10.1 Å². The fraction of sp³-hybridized carbons (Fsp3) is 0.421. The molecule has 2 aromatic rings. The minimum absolute atomic E-state index is 0.0630. The molecule has 0 saturated carbocycles. The Morgan fingerprint density at radius 1 is 0.967 bits per heavy atom. The summed E-state index contributed by atoms with van der Waals surface area (Å²) in [6, 6.07) is 9.89. The summed E-state index contributed by atoms with van der Waals surface area (Å²) in [7, 11) is -3.80. The summed E-state index contributed by atoms with van der Waals surface area (Å²) in [5.41, 5.74) is 0.234. The fourth-order valence-corrected chi connectivity index (χ4v) is 5.16. The van der Waals surface area contributed by atoms with Gasteiger partial charge in [-0.05, 0) is 24.3 Å². The van der Waals surface area contributed by atoms with Crippen LogP contribution in [0.5, 0.6) is 0 Å². The van der Waals surface area contributed by atoms with Crippen LogP contribution in [-0.2, 0) is 14.8 Å². The van der Waals surface area contributed by atoms with Gasteiger partial charge in [0.25, 0.3) is 5.69 Å². The summed E-state index contributed by atoms with van der Waals surface area (Å²) in [6.07, 6.45) is 1.74. The van der Waals surface area contributed by atoms with Gasteiger partial charge >= 0.3 is 0 Å². The van der Waals surface area contributed by atoms with Crippen LogP contribution in [0.4, 0.5) is 17.2 Å². The Labute approximate surface area is 174 Å². The molecule has 4 rings (SSSR count). The average molecular weight is 433 g/mol. The number of pyridine rings is 1. The molecule has 2 aliphatic rings. The van der Waals surface area contributed by atoms with Gasteiger partial charge < -0.3 is 14.5 Å². The number of sulfonamides is 1. The molecular formula is C19H23N5O5S. The molecule has 11 heteroatoms. The molecule has 0 atom stereocenters. The van der Waals surface area contributed by atoms with E-state index in [9.17, 15) is 18.5 Å². The first-order valence-electron chi connectivity index (χ1n) is 9.74. The van der Waals surface area contributed by atoms with E-state index in [0.29, 0.717) is 45.1 Å². The molecule has 0 spiro atoms. The molecule has 0 aliphatic carbocycles. The van der Waals surface area contributed by atoms with Gasteiger partial charge in [-0.3, -0.25) is 10.1 Å². The van der Waals surface area contributed by atoms with Crippen molar-refractivity contribution >= 4 is 27.2 Å². The third-order valence-corrected chi connectivity index (χ3v) is 7.24. The Hall–Kier alpha value is -2.76. The highest BCUT2D eigenvalue weighted by Gasteiger charge is 2.30. The summed E-state index contributed by atoms with van der Waals surface area (Å²) in [6.45, 7) is 3.62. The Balaban J connectivity index is 1.55. The SMILES string of the molecule is O=[N+]([O-])c1cc(S(=O)(=O)N2CCOCC2)ccc1N1CCN(c2ccccn2)CC1. The van der Waals surface area contributed by atoms with Crippen molar-refractivity contribution in [1.82, 2.24) is 9.29 Å². The fourth-order valence-electron chi connectivity index (χ4n) is 3.73. The van der Waals surface area contributed by atoms with Crippen LogP contribution in [0.3, 0.4) is 0 Å². The number of hydrogen-bond donors (Lipinski definition) is 0. The first-order valence-corrected chi connectivity index (χ1v) is 11.2. The van der Waals surface area contributed by atoms with Crippen LogP contribution in [0.15, 0.2) is 47.5 Å². The molecular weight excluding hydrogens is 410 g/mol. The smallest absolute Gasteiger partial charge is 0.293 e. The maximum Gasteiger partial charge on any atom is 0.293 e. The third-order valence-electron chi connectivity index (χ3n) is 5.35. The molecule has 2 fully saturated rings. The number of nitro benzene ring substituents is 1. The number of hydrogen-bond acceptors (Lipinski definition) is 8. The number of benzene rings is 1. The minimum atomic E-state index is -3.80. The van der Waals surface area contributed by atoms with Crippen LogP contribution in [-0.4, -0.2) is 75.1 Å². The maximum atomic E-state index is 12.9. The summed E-state index contributed by atoms with van der Waals surface area (Å²) in [5, 5.41) is 11.7. The van der Waals surface area contributed by atoms with E-state index >= 15 is 0 Å². The van der Waals surface area contributed by atoms with Crippen molar-refractivity contribution in [2.24, 2.45) is 0 Å². The lowest BCUT2D eigenvalue weighted by atomic mass is 10.2. The number of anilines is 2. The van der Waals surface area contributed by atoms with Gasteiger partial charge in [-0.15, -0.1) is 0 Å². The zero-order valence-electron chi connectivity index (χ0n) is 16.4. The van der Waals surface area contributed by atoms with Crippen molar-refractivity contribution < 1.29 is 18.1 Å². The molecule has 160 valence electrons. The standard InChI is InChI=1S/C19H23N5O5S/c25-24(26)18-15-16(30(27,28)23-11-13-29-14-12-23)4-5-17(18)21-7-9-22(10-8-21)19-3-1-2-6-20-19/h1-6,15H,7-14H2. The van der Waals surface area contributed by atoms with Crippen molar-refractivity contribution in [1.29, 1.82) is 0 Å². The Kier molecular flexibility index (Phi) is 5.84. The summed E-state index contributed by atoms with van der Waals surface area (Å²) >= 11 is 0. The van der Waals surface area contributed by atoms with Gasteiger partial charge in [-0.25, -0.2) is 13.4 Å². The monoisotopic (exact) mass is 433 g/mol. The quantitative estimate of drug-likeness (QED) is 0.513. The molecule has 30 heavy (non-hydrogen) atoms. The van der Waals surface area contributed by atoms with Crippen LogP contribution in [0.25, 0.3) is 0 Å². The molecule has 0 amide bonds. The van der Waals surface area contributed by atoms with E-state index in [4.69, 9.17) is 4.74 Å². The summed E-state index contributed by atoms with van der Waals surface area (Å²) < 4.78 is 32.2. The van der Waals surface area contributed by atoms with Crippen molar-refractivity contribution in [3.63, 3.8) is 0 Å². The van der Waals surface area contributed by atoms with Gasteiger partial charge in [-0.1, -0.05) is 6.07 Å². The molecule has 0 unspecified atom stereocenters. The molecule has 3 heterocycles. The van der Waals surface area contributed by atoms with Crippen molar-refractivity contribution in [2.75, 3.05) is 62.3 Å². The number of rotatable bonds is 5. The highest BCUT2D eigenvalue weighted by atomic mass is 32.2. The molecule has 2 aliphatic heterocycles. The van der Waals surface area contributed by atoms with Crippen molar-refractivity contribution in [3.8, 4) is 0 Å². The lowest BCUT2D eigenvalue weighted by molar-refractivity contribution is -0.384. The second-order valence-electron chi connectivity index (χ2n) is 7.09. The van der Waals surface area contributed by atoms with Gasteiger partial charge in [0.1, 0.15) is 11.5 Å². The van der Waals surface area contributed by atoms with Gasteiger partial charge in [0.05, 0.1) is 23.0 Å². The molecule has 0 bridgehead atoms. The first kappa shape index (κ1) is 20.5. The molecule has 2 saturated heterocycles. The summed E-state index contributed by atoms with van der Waals surface area (Å²) in [4.78, 5) is 19.5. The van der Waals surface area contributed by atoms with E-state index in [1.807, 2.05) is 23.1 Å². The molecule has 1 aromatic carbocycles. The van der Waals surface area contributed by atoms with Crippen molar-refractivity contribution in [2.45, 2.75) is 4.90 Å².